The predicted octanol–water partition coefficient (Wildman–Crippen LogP) is 3.93. The van der Waals surface area contributed by atoms with Crippen LogP contribution in [0.25, 0.3) is 11.0 Å². The number of nitrogens with one attached hydrogen (secondary N) is 2. The largest absolute Gasteiger partial charge is 0.467 e. The maximum Gasteiger partial charge on any atom is 0.251 e. The molecule has 11 nitrogen and oxygen atoms in total. The molecule has 0 bridgehead atoms. The molecule has 1 aliphatic rings. The van der Waals surface area contributed by atoms with E-state index in [1.807, 2.05) is 25.1 Å². The third kappa shape index (κ3) is 6.33. The lowest BCUT2D eigenvalue weighted by Gasteiger charge is -2.31. The third-order valence-electron chi connectivity index (χ3n) is 7.39. The second kappa shape index (κ2) is 12.2. The summed E-state index contributed by atoms with van der Waals surface area (Å²) in [6, 6.07) is 15.2. The first-order valence-corrected chi connectivity index (χ1v) is 15.3. The summed E-state index contributed by atoms with van der Waals surface area (Å²) in [6.07, 6.45) is 5.88. The number of carbonyl (C=O) groups excluding carboxylic acids is 2. The first-order valence-electron chi connectivity index (χ1n) is 13.8. The van der Waals surface area contributed by atoms with Gasteiger partial charge >= 0.3 is 0 Å². The van der Waals surface area contributed by atoms with Crippen molar-refractivity contribution in [2.75, 3.05) is 4.90 Å². The average molecular weight is 579 g/mol. The number of hydrogen-bond donors (Lipinski definition) is 2. The van der Waals surface area contributed by atoms with Crippen molar-refractivity contribution >= 4 is 38.6 Å². The van der Waals surface area contributed by atoms with E-state index in [1.165, 1.54) is 40.1 Å². The number of benzene rings is 2. The van der Waals surface area contributed by atoms with Crippen LogP contribution in [0.3, 0.4) is 0 Å². The lowest BCUT2D eigenvalue weighted by Crippen LogP contribution is -2.47. The molecule has 2 atom stereocenters. The molecule has 4 aromatic rings. The molecule has 2 heterocycles. The van der Waals surface area contributed by atoms with Gasteiger partial charge in [0.2, 0.25) is 15.9 Å². The second-order valence-electron chi connectivity index (χ2n) is 10.3. The molecule has 1 aliphatic carbocycles. The van der Waals surface area contributed by atoms with Crippen molar-refractivity contribution in [3.8, 4) is 0 Å². The van der Waals surface area contributed by atoms with Crippen LogP contribution in [0.5, 0.6) is 0 Å². The average Bonchev–Trinajstić information content (AvgIpc) is 3.75. The minimum Gasteiger partial charge on any atom is -0.467 e. The number of aromatic nitrogens is 3. The van der Waals surface area contributed by atoms with Crippen LogP contribution in [-0.4, -0.2) is 47.3 Å². The van der Waals surface area contributed by atoms with Crippen molar-refractivity contribution in [2.45, 2.75) is 75.5 Å². The first kappa shape index (κ1) is 28.5. The summed E-state index contributed by atoms with van der Waals surface area (Å²) in [7, 11) is -3.77. The van der Waals surface area contributed by atoms with E-state index in [0.29, 0.717) is 23.1 Å². The molecule has 5 rings (SSSR count). The van der Waals surface area contributed by atoms with Gasteiger partial charge in [0, 0.05) is 17.8 Å². The van der Waals surface area contributed by atoms with Gasteiger partial charge in [-0.15, -0.1) is 5.10 Å². The Hall–Kier alpha value is -4.03. The van der Waals surface area contributed by atoms with Gasteiger partial charge in [0.1, 0.15) is 17.8 Å². The molecule has 0 saturated heterocycles. The van der Waals surface area contributed by atoms with E-state index in [1.54, 1.807) is 25.1 Å². The highest BCUT2D eigenvalue weighted by atomic mass is 32.2. The van der Waals surface area contributed by atoms with Gasteiger partial charge in [0.15, 0.2) is 6.04 Å². The van der Waals surface area contributed by atoms with E-state index in [2.05, 4.69) is 20.4 Å². The van der Waals surface area contributed by atoms with Gasteiger partial charge in [-0.3, -0.25) is 14.5 Å². The molecule has 2 aromatic heterocycles. The Morgan fingerprint density at radius 2 is 1.80 bits per heavy atom. The quantitative estimate of drug-likeness (QED) is 0.275. The van der Waals surface area contributed by atoms with Crippen molar-refractivity contribution in [1.82, 2.24) is 25.0 Å². The molecule has 216 valence electrons. The minimum atomic E-state index is -3.77. The van der Waals surface area contributed by atoms with Crippen LogP contribution in [0.15, 0.2) is 76.2 Å². The molecule has 41 heavy (non-hydrogen) atoms. The van der Waals surface area contributed by atoms with Crippen LogP contribution < -0.4 is 14.9 Å². The van der Waals surface area contributed by atoms with Gasteiger partial charge < -0.3 is 9.73 Å². The highest BCUT2D eigenvalue weighted by Crippen LogP contribution is 2.31. The third-order valence-corrected chi connectivity index (χ3v) is 8.99. The van der Waals surface area contributed by atoms with Gasteiger partial charge in [-0.1, -0.05) is 37.1 Å². The van der Waals surface area contributed by atoms with Crippen LogP contribution in [-0.2, 0) is 26.2 Å². The van der Waals surface area contributed by atoms with Crippen molar-refractivity contribution in [1.29, 1.82) is 0 Å². The number of nitrogens with zero attached hydrogens (tertiary/aromatic N) is 4. The molecule has 2 aromatic carbocycles. The van der Waals surface area contributed by atoms with Crippen LogP contribution >= 0.6 is 0 Å². The van der Waals surface area contributed by atoms with Gasteiger partial charge in [-0.25, -0.2) is 17.8 Å². The van der Waals surface area contributed by atoms with Gasteiger partial charge in [0.25, 0.3) is 5.91 Å². The zero-order chi connectivity index (χ0) is 29.0. The van der Waals surface area contributed by atoms with Crippen molar-refractivity contribution in [3.05, 3.63) is 72.7 Å². The summed E-state index contributed by atoms with van der Waals surface area (Å²) >= 11 is 0. The number of anilines is 1. The zero-order valence-corrected chi connectivity index (χ0v) is 23.9. The standard InChI is InChI=1S/C29H34N6O5S/c1-3-20(2)32-41(38,39)23-16-14-22(15-17-23)35(27(36)19-34-25-12-7-6-11-24(25)31-33-34)28(26-13-8-18-40-26)29(37)30-21-9-4-5-10-21/h6-8,11-18,20-21,28,32H,3-5,9-10,19H2,1-2H3,(H,30,37)/t20-,28-/m0/s1. The summed E-state index contributed by atoms with van der Waals surface area (Å²) in [5.74, 6) is -0.539. The molecular formula is C29H34N6O5S. The maximum absolute atomic E-state index is 14.1. The molecule has 2 N–H and O–H groups in total. The molecular weight excluding hydrogens is 544 g/mol. The van der Waals surface area contributed by atoms with Crippen molar-refractivity contribution in [3.63, 3.8) is 0 Å². The molecule has 2 amide bonds. The van der Waals surface area contributed by atoms with Crippen LogP contribution in [0.4, 0.5) is 5.69 Å². The van der Waals surface area contributed by atoms with Crippen molar-refractivity contribution < 1.29 is 22.4 Å². The second-order valence-corrected chi connectivity index (χ2v) is 12.0. The van der Waals surface area contributed by atoms with E-state index >= 15 is 0 Å². The van der Waals surface area contributed by atoms with Crippen LogP contribution in [0.2, 0.25) is 0 Å². The monoisotopic (exact) mass is 578 g/mol. The fraction of sp³-hybridized carbons (Fsp3) is 0.379. The summed E-state index contributed by atoms with van der Waals surface area (Å²) in [5.41, 5.74) is 1.64. The molecule has 0 radical (unpaired) electrons. The lowest BCUT2D eigenvalue weighted by molar-refractivity contribution is -0.127. The number of hydrogen-bond acceptors (Lipinski definition) is 7. The number of fused-ring (bicyclic) bond motifs is 1. The van der Waals surface area contributed by atoms with Gasteiger partial charge in [-0.05, 0) is 74.7 Å². The number of para-hydroxylation sites is 1. The SMILES string of the molecule is CC[C@H](C)NS(=O)(=O)c1ccc(N(C(=O)Cn2nnc3ccccc32)[C@H](C(=O)NC2CCCC2)c2ccco2)cc1. The first-order chi connectivity index (χ1) is 19.8. The molecule has 12 heteroatoms. The number of amides is 2. The van der Waals surface area contributed by atoms with E-state index in [0.717, 1.165) is 25.7 Å². The number of rotatable bonds is 11. The summed E-state index contributed by atoms with van der Waals surface area (Å²) in [4.78, 5) is 29.3. The van der Waals surface area contributed by atoms with E-state index in [9.17, 15) is 18.0 Å². The Kier molecular flexibility index (Phi) is 8.50. The Morgan fingerprint density at radius 1 is 1.07 bits per heavy atom. The van der Waals surface area contributed by atoms with E-state index in [4.69, 9.17) is 4.42 Å². The zero-order valence-electron chi connectivity index (χ0n) is 23.1. The predicted molar refractivity (Wildman–Crippen MR) is 153 cm³/mol. The Morgan fingerprint density at radius 3 is 2.49 bits per heavy atom. The summed E-state index contributed by atoms with van der Waals surface area (Å²) in [6.45, 7) is 3.48. The minimum absolute atomic E-state index is 0.00956. The molecule has 1 fully saturated rings. The number of furan rings is 1. The Balaban J connectivity index is 1.53. The van der Waals surface area contributed by atoms with Gasteiger partial charge in [0.05, 0.1) is 16.7 Å². The van der Waals surface area contributed by atoms with Crippen molar-refractivity contribution in [2.24, 2.45) is 0 Å². The van der Waals surface area contributed by atoms with E-state index in [-0.39, 0.29) is 35.2 Å². The molecule has 1 saturated carbocycles. The summed E-state index contributed by atoms with van der Waals surface area (Å²) < 4.78 is 35.6. The lowest BCUT2D eigenvalue weighted by atomic mass is 10.1. The van der Waals surface area contributed by atoms with Crippen LogP contribution in [0, 0.1) is 0 Å². The Labute approximate surface area is 238 Å². The Bertz CT molecular complexity index is 1590. The number of carbonyl (C=O) groups is 2. The maximum atomic E-state index is 14.1. The fourth-order valence-corrected chi connectivity index (χ4v) is 6.38. The van der Waals surface area contributed by atoms with Gasteiger partial charge in [-0.2, -0.15) is 0 Å². The summed E-state index contributed by atoms with van der Waals surface area (Å²) in [5, 5.41) is 11.4. The van der Waals surface area contributed by atoms with Crippen LogP contribution in [0.1, 0.15) is 57.8 Å². The smallest absolute Gasteiger partial charge is 0.251 e. The highest BCUT2D eigenvalue weighted by molar-refractivity contribution is 7.89. The molecule has 0 aliphatic heterocycles. The normalized spacial score (nSPS) is 15.6. The molecule has 0 unspecified atom stereocenters. The van der Waals surface area contributed by atoms with E-state index < -0.39 is 22.0 Å². The fourth-order valence-electron chi connectivity index (χ4n) is 5.05. The highest BCUT2D eigenvalue weighted by Gasteiger charge is 2.36. The molecule has 0 spiro atoms. The topological polar surface area (TPSA) is 139 Å². The number of sulfonamides is 1.